The molecule has 30 heavy (non-hydrogen) atoms. The van der Waals surface area contributed by atoms with Crippen LogP contribution >= 0.6 is 0 Å². The number of nitrogens with two attached hydrogens (primary N) is 1. The van der Waals surface area contributed by atoms with Crippen LogP contribution in [0, 0.1) is 17.8 Å². The number of nitrogens with one attached hydrogen (secondary N) is 1. The first kappa shape index (κ1) is 22.3. The van der Waals surface area contributed by atoms with Gasteiger partial charge < -0.3 is 16.0 Å². The molecule has 1 saturated heterocycles. The first-order chi connectivity index (χ1) is 14.4. The van der Waals surface area contributed by atoms with Crippen molar-refractivity contribution in [2.45, 2.75) is 46.0 Å². The van der Waals surface area contributed by atoms with Gasteiger partial charge in [0.1, 0.15) is 17.0 Å². The summed E-state index contributed by atoms with van der Waals surface area (Å²) in [5, 5.41) is 2.57. The molecule has 0 spiro atoms. The molecule has 2 fully saturated rings. The zero-order valence-electron chi connectivity index (χ0n) is 18.4. The Labute approximate surface area is 179 Å². The maximum atomic E-state index is 12.3. The Hall–Kier alpha value is -2.41. The second kappa shape index (κ2) is 10.1. The van der Waals surface area contributed by atoms with Gasteiger partial charge in [-0.2, -0.15) is 0 Å². The van der Waals surface area contributed by atoms with Gasteiger partial charge in [0.25, 0.3) is 11.8 Å². The highest BCUT2D eigenvalue weighted by molar-refractivity contribution is 5.95. The van der Waals surface area contributed by atoms with Crippen molar-refractivity contribution in [3.63, 3.8) is 0 Å². The zero-order chi connectivity index (χ0) is 21.7. The summed E-state index contributed by atoms with van der Waals surface area (Å²) in [4.78, 5) is 30.2. The van der Waals surface area contributed by atoms with E-state index in [0.717, 1.165) is 11.8 Å². The summed E-state index contributed by atoms with van der Waals surface area (Å²) in [6.07, 6.45) is 9.07. The minimum absolute atomic E-state index is 0.119. The van der Waals surface area contributed by atoms with Gasteiger partial charge in [0.15, 0.2) is 0 Å². The number of imidazole rings is 1. The molecule has 1 aliphatic heterocycles. The van der Waals surface area contributed by atoms with E-state index in [9.17, 15) is 9.59 Å². The molecule has 0 bridgehead atoms. The number of likely N-dealkylation sites (tertiary alicyclic amines) is 1. The molecule has 164 valence electrons. The maximum absolute atomic E-state index is 12.3. The smallest absolute Gasteiger partial charge is 0.274 e. The molecule has 0 atom stereocenters. The molecule has 0 aromatic carbocycles. The number of hydrogen-bond acceptors (Lipinski definition) is 4. The van der Waals surface area contributed by atoms with Crippen LogP contribution in [0.15, 0.2) is 24.4 Å². The quantitative estimate of drug-likeness (QED) is 0.806. The number of rotatable bonds is 4. The van der Waals surface area contributed by atoms with Gasteiger partial charge in [0.05, 0.1) is 0 Å². The van der Waals surface area contributed by atoms with Crippen LogP contribution in [0.25, 0.3) is 5.65 Å². The molecular formula is C23H35N5O2. The Balaban J connectivity index is 0.000000239. The summed E-state index contributed by atoms with van der Waals surface area (Å²) in [5.41, 5.74) is 6.94. The second-order valence-electron chi connectivity index (χ2n) is 8.80. The Kier molecular flexibility index (Phi) is 7.48. The lowest BCUT2D eigenvalue weighted by atomic mass is 9.82. The van der Waals surface area contributed by atoms with E-state index in [1.807, 2.05) is 0 Å². The minimum atomic E-state index is -0.218. The van der Waals surface area contributed by atoms with E-state index < -0.39 is 0 Å². The van der Waals surface area contributed by atoms with E-state index in [1.54, 1.807) is 40.7 Å². The van der Waals surface area contributed by atoms with Crippen LogP contribution in [0.5, 0.6) is 0 Å². The summed E-state index contributed by atoms with van der Waals surface area (Å²) in [7, 11) is 1.57. The van der Waals surface area contributed by atoms with Gasteiger partial charge in [-0.3, -0.25) is 14.0 Å². The van der Waals surface area contributed by atoms with E-state index >= 15 is 0 Å². The van der Waals surface area contributed by atoms with Crippen LogP contribution in [0.3, 0.4) is 0 Å². The van der Waals surface area contributed by atoms with Crippen LogP contribution in [0.4, 0.5) is 0 Å². The lowest BCUT2D eigenvalue weighted by Gasteiger charge is -2.38. The highest BCUT2D eigenvalue weighted by Gasteiger charge is 2.31. The number of pyridine rings is 1. The number of hydrogen-bond donors (Lipinski definition) is 2. The van der Waals surface area contributed by atoms with Crippen molar-refractivity contribution < 1.29 is 9.59 Å². The van der Waals surface area contributed by atoms with Crippen molar-refractivity contribution in [3.05, 3.63) is 35.8 Å². The highest BCUT2D eigenvalue weighted by atomic mass is 16.2. The van der Waals surface area contributed by atoms with Crippen molar-refractivity contribution in [2.24, 2.45) is 23.5 Å². The topological polar surface area (TPSA) is 92.7 Å². The van der Waals surface area contributed by atoms with Gasteiger partial charge in [0.2, 0.25) is 0 Å². The molecule has 7 heteroatoms. The lowest BCUT2D eigenvalue weighted by Crippen LogP contribution is -2.52. The Morgan fingerprint density at radius 2 is 1.90 bits per heavy atom. The molecule has 1 aliphatic carbocycles. The molecule has 3 N–H and O–H groups in total. The third-order valence-electron chi connectivity index (χ3n) is 6.34. The number of carbonyl (C=O) groups is 2. The molecule has 3 heterocycles. The molecule has 2 aromatic heterocycles. The molecule has 2 aromatic rings. The van der Waals surface area contributed by atoms with E-state index in [2.05, 4.69) is 24.1 Å². The third-order valence-corrected chi connectivity index (χ3v) is 6.34. The first-order valence-electron chi connectivity index (χ1n) is 11.1. The molecule has 2 amide bonds. The van der Waals surface area contributed by atoms with Crippen molar-refractivity contribution in [1.82, 2.24) is 19.6 Å². The van der Waals surface area contributed by atoms with Gasteiger partial charge in [0, 0.05) is 32.3 Å². The Morgan fingerprint density at radius 3 is 2.47 bits per heavy atom. The average Bonchev–Trinajstić information content (AvgIpc) is 3.18. The van der Waals surface area contributed by atoms with Gasteiger partial charge in [-0.05, 0) is 30.5 Å². The predicted octanol–water partition coefficient (Wildman–Crippen LogP) is 2.95. The number of nitrogens with zero attached hydrogens (tertiary/aromatic N) is 3. The van der Waals surface area contributed by atoms with Crippen molar-refractivity contribution >= 4 is 17.5 Å². The van der Waals surface area contributed by atoms with E-state index in [1.165, 1.54) is 32.1 Å². The summed E-state index contributed by atoms with van der Waals surface area (Å²) >= 11 is 0. The van der Waals surface area contributed by atoms with Crippen LogP contribution in [-0.2, 0) is 0 Å². The number of carbonyl (C=O) groups excluding carboxylic acids is 2. The molecule has 0 radical (unpaired) electrons. The second-order valence-corrected chi connectivity index (χ2v) is 8.80. The van der Waals surface area contributed by atoms with Crippen LogP contribution in [0.1, 0.15) is 66.9 Å². The van der Waals surface area contributed by atoms with E-state index in [-0.39, 0.29) is 11.8 Å². The van der Waals surface area contributed by atoms with Crippen LogP contribution in [-0.4, -0.2) is 52.8 Å². The summed E-state index contributed by atoms with van der Waals surface area (Å²) in [5.74, 6) is 2.03. The SMILES string of the molecule is CC(C)C1CCCCC1.CNC(=O)c1cccc2nc(C(=O)N3CC(CN)C3)cn12. The minimum Gasteiger partial charge on any atom is -0.354 e. The van der Waals surface area contributed by atoms with Crippen LogP contribution in [0.2, 0.25) is 0 Å². The number of aromatic nitrogens is 2. The zero-order valence-corrected chi connectivity index (χ0v) is 18.4. The van der Waals surface area contributed by atoms with E-state index in [4.69, 9.17) is 5.73 Å². The maximum Gasteiger partial charge on any atom is 0.274 e. The van der Waals surface area contributed by atoms with E-state index in [0.29, 0.717) is 42.6 Å². The normalized spacial score (nSPS) is 17.4. The largest absolute Gasteiger partial charge is 0.354 e. The summed E-state index contributed by atoms with van der Waals surface area (Å²) in [6, 6.07) is 5.20. The Bertz CT molecular complexity index is 864. The fraction of sp³-hybridized carbons (Fsp3) is 0.609. The Morgan fingerprint density at radius 1 is 1.20 bits per heavy atom. The van der Waals surface area contributed by atoms with Gasteiger partial charge >= 0.3 is 0 Å². The molecule has 0 unspecified atom stereocenters. The summed E-state index contributed by atoms with van der Waals surface area (Å²) < 4.78 is 1.63. The van der Waals surface area contributed by atoms with Gasteiger partial charge in [-0.1, -0.05) is 52.0 Å². The highest BCUT2D eigenvalue weighted by Crippen LogP contribution is 2.29. The first-order valence-corrected chi connectivity index (χ1v) is 11.1. The van der Waals surface area contributed by atoms with Gasteiger partial charge in [-0.25, -0.2) is 4.98 Å². The molecule has 4 rings (SSSR count). The van der Waals surface area contributed by atoms with Crippen molar-refractivity contribution in [1.29, 1.82) is 0 Å². The fourth-order valence-electron chi connectivity index (χ4n) is 4.27. The van der Waals surface area contributed by atoms with Crippen LogP contribution < -0.4 is 11.1 Å². The fourth-order valence-corrected chi connectivity index (χ4v) is 4.27. The summed E-state index contributed by atoms with van der Waals surface area (Å²) in [6.45, 7) is 6.65. The number of amides is 2. The average molecular weight is 414 g/mol. The molecule has 1 saturated carbocycles. The van der Waals surface area contributed by atoms with Gasteiger partial charge in [-0.15, -0.1) is 0 Å². The number of fused-ring (bicyclic) bond motifs is 1. The molecule has 7 nitrogen and oxygen atoms in total. The van der Waals surface area contributed by atoms with Crippen molar-refractivity contribution in [3.8, 4) is 0 Å². The standard InChI is InChI=1S/C14H17N5O2.C9H18/c1-16-13(20)11-3-2-4-12-17-10(8-19(11)12)14(21)18-6-9(5-15)7-18;1-8(2)9-6-4-3-5-7-9/h2-4,8-9H,5-7,15H2,1H3,(H,16,20);8-9H,3-7H2,1-2H3. The molecule has 2 aliphatic rings. The van der Waals surface area contributed by atoms with Crippen molar-refractivity contribution in [2.75, 3.05) is 26.7 Å². The molecular weight excluding hydrogens is 378 g/mol. The third kappa shape index (κ3) is 5.01. The monoisotopic (exact) mass is 413 g/mol. The predicted molar refractivity (Wildman–Crippen MR) is 118 cm³/mol. The lowest BCUT2D eigenvalue weighted by molar-refractivity contribution is 0.0510.